The van der Waals surface area contributed by atoms with Crippen LogP contribution in [0.3, 0.4) is 0 Å². The molecule has 142 valence electrons. The molecule has 1 N–H and O–H groups in total. The van der Waals surface area contributed by atoms with E-state index < -0.39 is 52.8 Å². The molecule has 2 unspecified atom stereocenters. The molecule has 2 rings (SSSR count). The molecule has 1 saturated heterocycles. The van der Waals surface area contributed by atoms with E-state index >= 15 is 0 Å². The predicted molar refractivity (Wildman–Crippen MR) is 87.1 cm³/mol. The highest BCUT2D eigenvalue weighted by Crippen LogP contribution is 2.24. The van der Waals surface area contributed by atoms with E-state index in [1.54, 1.807) is 0 Å². The fourth-order valence-corrected chi connectivity index (χ4v) is 2.60. The van der Waals surface area contributed by atoms with E-state index in [0.717, 1.165) is 0 Å². The lowest BCUT2D eigenvalue weighted by atomic mass is 9.83. The largest absolute Gasteiger partial charge is 0.452 e. The lowest BCUT2D eigenvalue weighted by molar-refractivity contribution is -0.384. The number of hydrogen-bond acceptors (Lipinski definition) is 6. The number of rotatable bonds is 8. The fourth-order valence-electron chi connectivity index (χ4n) is 2.60. The Bertz CT molecular complexity index is 832. The number of alkyl halides is 1. The third-order valence-electron chi connectivity index (χ3n) is 4.04. The molecule has 1 aromatic carbocycles. The average Bonchev–Trinajstić information content (AvgIpc) is 2.59. The number of ether oxygens (including phenoxy) is 1. The standard InChI is InChI=1S/C16H15FN4O6/c1-8(17)13-11(19-15(13)23)6-12(22)14(20-18)16(24)27-7-9-2-4-10(5-3-9)21(25)26/h2-5,8,11,13H,6-7H2,1H3,(H,19,23)/t8-,11?,13?/m1/s1. The summed E-state index contributed by atoms with van der Waals surface area (Å²) in [4.78, 5) is 47.9. The number of nitrogens with one attached hydrogen (secondary N) is 1. The molecule has 0 radical (unpaired) electrons. The molecule has 27 heavy (non-hydrogen) atoms. The number of esters is 1. The Labute approximate surface area is 152 Å². The van der Waals surface area contributed by atoms with Crippen molar-refractivity contribution in [1.29, 1.82) is 0 Å². The van der Waals surface area contributed by atoms with Crippen molar-refractivity contribution in [2.45, 2.75) is 32.2 Å². The number of hydrogen-bond donors (Lipinski definition) is 1. The summed E-state index contributed by atoms with van der Waals surface area (Å²) in [6.45, 7) is 0.869. The molecular weight excluding hydrogens is 363 g/mol. The van der Waals surface area contributed by atoms with E-state index in [1.165, 1.54) is 31.2 Å². The van der Waals surface area contributed by atoms with Crippen LogP contribution in [0, 0.1) is 16.0 Å². The highest BCUT2D eigenvalue weighted by molar-refractivity contribution is 6.62. The fraction of sp³-hybridized carbons (Fsp3) is 0.375. The van der Waals surface area contributed by atoms with Gasteiger partial charge < -0.3 is 15.6 Å². The van der Waals surface area contributed by atoms with Gasteiger partial charge in [0.05, 0.1) is 16.9 Å². The van der Waals surface area contributed by atoms with Crippen LogP contribution < -0.4 is 5.32 Å². The van der Waals surface area contributed by atoms with Gasteiger partial charge in [0, 0.05) is 18.6 Å². The third-order valence-corrected chi connectivity index (χ3v) is 4.04. The summed E-state index contributed by atoms with van der Waals surface area (Å²) in [5.41, 5.74) is 8.31. The zero-order valence-corrected chi connectivity index (χ0v) is 14.1. The SMILES string of the molecule is C[C@@H](F)C1C(=O)NC1CC(=O)C(=[N+]=[N-])C(=O)OCc1ccc([N+](=O)[O-])cc1. The van der Waals surface area contributed by atoms with Gasteiger partial charge in [-0.1, -0.05) is 0 Å². The topological polar surface area (TPSA) is 152 Å². The summed E-state index contributed by atoms with van der Waals surface area (Å²) in [7, 11) is 0. The smallest absolute Gasteiger partial charge is 0.441 e. The van der Waals surface area contributed by atoms with E-state index in [-0.39, 0.29) is 12.3 Å². The Balaban J connectivity index is 1.93. The van der Waals surface area contributed by atoms with E-state index in [0.29, 0.717) is 5.56 Å². The van der Waals surface area contributed by atoms with Crippen LogP contribution in [0.15, 0.2) is 24.3 Å². The summed E-state index contributed by atoms with van der Waals surface area (Å²) >= 11 is 0. The first-order valence-electron chi connectivity index (χ1n) is 7.84. The Kier molecular flexibility index (Phi) is 6.09. The minimum atomic E-state index is -1.47. The molecule has 1 amide bonds. The van der Waals surface area contributed by atoms with Crippen molar-refractivity contribution in [3.05, 3.63) is 45.5 Å². The van der Waals surface area contributed by atoms with Gasteiger partial charge >= 0.3 is 11.7 Å². The quantitative estimate of drug-likeness (QED) is 0.103. The van der Waals surface area contributed by atoms with E-state index in [2.05, 4.69) is 10.1 Å². The molecule has 1 heterocycles. The minimum Gasteiger partial charge on any atom is -0.452 e. The molecule has 10 nitrogen and oxygen atoms in total. The Hall–Kier alpha value is -3.46. The zero-order valence-electron chi connectivity index (χ0n) is 14.1. The summed E-state index contributed by atoms with van der Waals surface area (Å²) in [6, 6.07) is 4.35. The van der Waals surface area contributed by atoms with Crippen molar-refractivity contribution < 1.29 is 33.2 Å². The van der Waals surface area contributed by atoms with Crippen molar-refractivity contribution in [3.63, 3.8) is 0 Å². The number of carbonyl (C=O) groups is 3. The second kappa shape index (κ2) is 8.28. The molecule has 0 spiro atoms. The van der Waals surface area contributed by atoms with E-state index in [4.69, 9.17) is 10.3 Å². The number of nitrogens with zero attached hydrogens (tertiary/aromatic N) is 3. The van der Waals surface area contributed by atoms with Crippen LogP contribution in [0.1, 0.15) is 18.9 Å². The molecule has 3 atom stereocenters. The third kappa shape index (κ3) is 4.59. The Morgan fingerprint density at radius 3 is 2.52 bits per heavy atom. The number of carbonyl (C=O) groups excluding carboxylic acids is 3. The van der Waals surface area contributed by atoms with Crippen LogP contribution in [-0.2, 0) is 25.7 Å². The summed E-state index contributed by atoms with van der Waals surface area (Å²) in [5, 5.41) is 12.9. The number of β-lactam (4-membered cyclic amide) rings is 1. The first-order valence-corrected chi connectivity index (χ1v) is 7.84. The Morgan fingerprint density at radius 2 is 2.04 bits per heavy atom. The maximum absolute atomic E-state index is 13.3. The highest BCUT2D eigenvalue weighted by Gasteiger charge is 2.46. The van der Waals surface area contributed by atoms with Gasteiger partial charge in [0.25, 0.3) is 11.5 Å². The van der Waals surface area contributed by atoms with Crippen LogP contribution in [0.2, 0.25) is 0 Å². The maximum Gasteiger partial charge on any atom is 0.441 e. The number of ketones is 1. The van der Waals surface area contributed by atoms with Crippen molar-refractivity contribution in [2.75, 3.05) is 0 Å². The number of nitro groups is 1. The molecule has 1 fully saturated rings. The highest BCUT2D eigenvalue weighted by atomic mass is 19.1. The van der Waals surface area contributed by atoms with Crippen LogP contribution >= 0.6 is 0 Å². The lowest BCUT2D eigenvalue weighted by Crippen LogP contribution is -2.62. The molecule has 11 heteroatoms. The van der Waals surface area contributed by atoms with Gasteiger partial charge in [0.2, 0.25) is 5.91 Å². The number of halogens is 1. The van der Waals surface area contributed by atoms with Crippen molar-refractivity contribution in [1.82, 2.24) is 5.32 Å². The van der Waals surface area contributed by atoms with Gasteiger partial charge in [-0.3, -0.25) is 19.7 Å². The Morgan fingerprint density at radius 1 is 1.41 bits per heavy atom. The van der Waals surface area contributed by atoms with Gasteiger partial charge in [-0.05, 0) is 24.6 Å². The van der Waals surface area contributed by atoms with Crippen LogP contribution in [0.25, 0.3) is 5.53 Å². The predicted octanol–water partition coefficient (Wildman–Crippen LogP) is 0.741. The minimum absolute atomic E-state index is 0.142. The molecule has 1 aliphatic rings. The second-order valence-corrected chi connectivity index (χ2v) is 5.89. The van der Waals surface area contributed by atoms with Crippen LogP contribution in [0.4, 0.5) is 10.1 Å². The maximum atomic E-state index is 13.3. The molecule has 0 saturated carbocycles. The van der Waals surface area contributed by atoms with Crippen molar-refractivity contribution >= 4 is 29.1 Å². The summed E-state index contributed by atoms with van der Waals surface area (Å²) < 4.78 is 18.2. The summed E-state index contributed by atoms with van der Waals surface area (Å²) in [6.07, 6.45) is -1.89. The van der Waals surface area contributed by atoms with Gasteiger partial charge in [-0.25, -0.2) is 9.18 Å². The average molecular weight is 378 g/mol. The molecule has 0 aromatic heterocycles. The van der Waals surface area contributed by atoms with Crippen molar-refractivity contribution in [2.24, 2.45) is 5.92 Å². The number of non-ortho nitro benzene ring substituents is 1. The molecule has 1 aromatic rings. The molecule has 1 aliphatic heterocycles. The monoisotopic (exact) mass is 378 g/mol. The number of benzene rings is 1. The number of Topliss-reactive ketones (excluding diaryl/α,β-unsaturated/α-hetero) is 1. The molecule has 0 aliphatic carbocycles. The van der Waals surface area contributed by atoms with Gasteiger partial charge in [-0.2, -0.15) is 4.79 Å². The molecular formula is C16H15FN4O6. The van der Waals surface area contributed by atoms with Gasteiger partial charge in [0.15, 0.2) is 0 Å². The van der Waals surface area contributed by atoms with E-state index in [1.807, 2.05) is 0 Å². The van der Waals surface area contributed by atoms with Crippen LogP contribution in [0.5, 0.6) is 0 Å². The normalized spacial score (nSPS) is 19.1. The first kappa shape index (κ1) is 19.9. The van der Waals surface area contributed by atoms with Gasteiger partial charge in [-0.15, -0.1) is 0 Å². The summed E-state index contributed by atoms with van der Waals surface area (Å²) in [5.74, 6) is -3.67. The van der Waals surface area contributed by atoms with Crippen LogP contribution in [-0.4, -0.2) is 45.3 Å². The van der Waals surface area contributed by atoms with Gasteiger partial charge in [0.1, 0.15) is 12.8 Å². The van der Waals surface area contributed by atoms with Crippen molar-refractivity contribution in [3.8, 4) is 0 Å². The number of amides is 1. The lowest BCUT2D eigenvalue weighted by Gasteiger charge is -2.36. The number of nitro benzene ring substituents is 1. The zero-order chi connectivity index (χ0) is 20.1. The molecule has 0 bridgehead atoms. The van der Waals surface area contributed by atoms with E-state index in [9.17, 15) is 28.9 Å². The first-order chi connectivity index (χ1) is 12.7. The second-order valence-electron chi connectivity index (χ2n) is 5.89.